The lowest BCUT2D eigenvalue weighted by molar-refractivity contribution is -0.116. The van der Waals surface area contributed by atoms with E-state index in [1.807, 2.05) is 27.7 Å². The molecule has 3 rings (SSSR count). The number of benzene rings is 1. The molecule has 0 radical (unpaired) electrons. The lowest BCUT2D eigenvalue weighted by Crippen LogP contribution is -2.32. The number of aryl methyl sites for hydroxylation is 2. The van der Waals surface area contributed by atoms with Crippen molar-refractivity contribution in [3.63, 3.8) is 0 Å². The van der Waals surface area contributed by atoms with Gasteiger partial charge < -0.3 is 10.6 Å². The number of carbonyl (C=O) groups excluding carboxylic acids is 2. The summed E-state index contributed by atoms with van der Waals surface area (Å²) in [4.78, 5) is 33.6. The summed E-state index contributed by atoms with van der Waals surface area (Å²) in [6, 6.07) is 7.10. The van der Waals surface area contributed by atoms with Crippen molar-refractivity contribution in [2.45, 2.75) is 53.0 Å². The molecule has 152 valence electrons. The van der Waals surface area contributed by atoms with Gasteiger partial charge in [-0.25, -0.2) is 9.50 Å². The molecule has 0 aliphatic carbocycles. The minimum atomic E-state index is -0.192. The van der Waals surface area contributed by atoms with Crippen LogP contribution in [-0.2, 0) is 11.2 Å². The monoisotopic (exact) mass is 394 g/mol. The van der Waals surface area contributed by atoms with Gasteiger partial charge in [-0.2, -0.15) is 10.1 Å². The predicted molar refractivity (Wildman–Crippen MR) is 111 cm³/mol. The van der Waals surface area contributed by atoms with Crippen LogP contribution in [0.15, 0.2) is 30.6 Å². The number of fused-ring (bicyclic) bond motifs is 1. The van der Waals surface area contributed by atoms with Gasteiger partial charge in [-0.15, -0.1) is 0 Å². The number of amides is 2. The molecule has 2 amide bonds. The molecule has 0 saturated heterocycles. The first-order valence-corrected chi connectivity index (χ1v) is 9.76. The maximum absolute atomic E-state index is 12.6. The van der Waals surface area contributed by atoms with E-state index in [1.165, 1.54) is 6.33 Å². The Morgan fingerprint density at radius 3 is 2.72 bits per heavy atom. The molecule has 2 heterocycles. The molecule has 29 heavy (non-hydrogen) atoms. The van der Waals surface area contributed by atoms with Crippen molar-refractivity contribution in [2.24, 2.45) is 0 Å². The third kappa shape index (κ3) is 4.59. The number of rotatable bonds is 7. The molecule has 0 aliphatic rings. The lowest BCUT2D eigenvalue weighted by Gasteiger charge is -2.15. The van der Waals surface area contributed by atoms with Crippen LogP contribution >= 0.6 is 0 Å². The zero-order valence-corrected chi connectivity index (χ0v) is 17.2. The molecule has 8 nitrogen and oxygen atoms in total. The highest BCUT2D eigenvalue weighted by Gasteiger charge is 2.16. The number of hydrogen-bond acceptors (Lipinski definition) is 5. The van der Waals surface area contributed by atoms with E-state index < -0.39 is 0 Å². The summed E-state index contributed by atoms with van der Waals surface area (Å²) in [5.74, 6) is 0.198. The Morgan fingerprint density at radius 2 is 1.97 bits per heavy atom. The summed E-state index contributed by atoms with van der Waals surface area (Å²) in [5, 5.41) is 9.98. The van der Waals surface area contributed by atoms with Crippen molar-refractivity contribution in [3.05, 3.63) is 53.1 Å². The van der Waals surface area contributed by atoms with E-state index in [0.717, 1.165) is 23.4 Å². The number of nitrogens with one attached hydrogen (secondary N) is 2. The average molecular weight is 394 g/mol. The van der Waals surface area contributed by atoms with Crippen molar-refractivity contribution in [1.29, 1.82) is 0 Å². The van der Waals surface area contributed by atoms with Crippen LogP contribution in [0.2, 0.25) is 0 Å². The lowest BCUT2D eigenvalue weighted by atomic mass is 10.1. The van der Waals surface area contributed by atoms with Gasteiger partial charge in [0.1, 0.15) is 6.33 Å². The summed E-state index contributed by atoms with van der Waals surface area (Å²) in [7, 11) is 0. The van der Waals surface area contributed by atoms with Crippen LogP contribution in [-0.4, -0.2) is 37.4 Å². The molecule has 2 N–H and O–H groups in total. The molecule has 2 aromatic heterocycles. The molecule has 0 fully saturated rings. The number of para-hydroxylation sites is 1. The quantitative estimate of drug-likeness (QED) is 0.642. The Bertz CT molecular complexity index is 1040. The van der Waals surface area contributed by atoms with E-state index in [1.54, 1.807) is 28.8 Å². The molecule has 0 saturated carbocycles. The highest BCUT2D eigenvalue weighted by Crippen LogP contribution is 2.18. The predicted octanol–water partition coefficient (Wildman–Crippen LogP) is 2.84. The highest BCUT2D eigenvalue weighted by molar-refractivity contribution is 6.03. The largest absolute Gasteiger partial charge is 0.350 e. The first kappa shape index (κ1) is 20.4. The molecule has 0 aliphatic heterocycles. The Labute approximate surface area is 169 Å². The van der Waals surface area contributed by atoms with Crippen molar-refractivity contribution in [2.75, 3.05) is 5.32 Å². The molecule has 1 unspecified atom stereocenters. The minimum Gasteiger partial charge on any atom is -0.350 e. The van der Waals surface area contributed by atoms with Crippen molar-refractivity contribution < 1.29 is 9.59 Å². The van der Waals surface area contributed by atoms with Gasteiger partial charge in [0.15, 0.2) is 0 Å². The van der Waals surface area contributed by atoms with Crippen LogP contribution < -0.4 is 10.6 Å². The third-order valence-electron chi connectivity index (χ3n) is 5.03. The topological polar surface area (TPSA) is 101 Å². The van der Waals surface area contributed by atoms with Gasteiger partial charge >= 0.3 is 0 Å². The van der Waals surface area contributed by atoms with Gasteiger partial charge in [0.05, 0.1) is 11.3 Å². The molecule has 1 atom stereocenters. The van der Waals surface area contributed by atoms with Crippen LogP contribution in [0.25, 0.3) is 5.78 Å². The summed E-state index contributed by atoms with van der Waals surface area (Å²) >= 11 is 0. The molecule has 3 aromatic rings. The van der Waals surface area contributed by atoms with Crippen LogP contribution in [0.5, 0.6) is 0 Å². The summed E-state index contributed by atoms with van der Waals surface area (Å²) in [5.41, 5.74) is 3.70. The fourth-order valence-electron chi connectivity index (χ4n) is 3.16. The maximum Gasteiger partial charge on any atom is 0.253 e. The second-order valence-corrected chi connectivity index (χ2v) is 7.11. The van der Waals surface area contributed by atoms with Crippen molar-refractivity contribution in [3.8, 4) is 0 Å². The standard InChI is InChI=1S/C21H26N6O2/c1-5-13(2)24-20(29)17-8-6-7-9-18(17)26-19(28)11-10-16-14(3)25-21-22-12-23-27(21)15(16)4/h6-9,12-13H,5,10-11H2,1-4H3,(H,24,29)(H,26,28). The van der Waals surface area contributed by atoms with Gasteiger partial charge in [-0.1, -0.05) is 19.1 Å². The first-order valence-electron chi connectivity index (χ1n) is 9.76. The van der Waals surface area contributed by atoms with E-state index in [-0.39, 0.29) is 24.3 Å². The smallest absolute Gasteiger partial charge is 0.253 e. The normalized spacial score (nSPS) is 12.0. The van der Waals surface area contributed by atoms with E-state index in [9.17, 15) is 9.59 Å². The molecule has 1 aromatic carbocycles. The van der Waals surface area contributed by atoms with E-state index in [2.05, 4.69) is 25.7 Å². The second-order valence-electron chi connectivity index (χ2n) is 7.11. The van der Waals surface area contributed by atoms with Gasteiger partial charge in [0.2, 0.25) is 5.91 Å². The van der Waals surface area contributed by atoms with Gasteiger partial charge in [-0.05, 0) is 51.3 Å². The maximum atomic E-state index is 12.6. The van der Waals surface area contributed by atoms with Gasteiger partial charge in [0.25, 0.3) is 11.7 Å². The average Bonchev–Trinajstić information content (AvgIpc) is 3.16. The zero-order valence-electron chi connectivity index (χ0n) is 17.2. The number of aromatic nitrogens is 4. The Kier molecular flexibility index (Phi) is 6.21. The Hall–Kier alpha value is -3.29. The fourth-order valence-corrected chi connectivity index (χ4v) is 3.16. The number of nitrogens with zero attached hydrogens (tertiary/aromatic N) is 4. The van der Waals surface area contributed by atoms with Crippen molar-refractivity contribution in [1.82, 2.24) is 24.9 Å². The van der Waals surface area contributed by atoms with Crippen LogP contribution in [0, 0.1) is 13.8 Å². The Balaban J connectivity index is 1.70. The second kappa shape index (κ2) is 8.81. The highest BCUT2D eigenvalue weighted by atomic mass is 16.2. The zero-order chi connectivity index (χ0) is 21.0. The van der Waals surface area contributed by atoms with Crippen molar-refractivity contribution >= 4 is 23.3 Å². The van der Waals surface area contributed by atoms with Crippen LogP contribution in [0.1, 0.15) is 54.0 Å². The van der Waals surface area contributed by atoms with Gasteiger partial charge in [-0.3, -0.25) is 9.59 Å². The molecule has 8 heteroatoms. The van der Waals surface area contributed by atoms with Gasteiger partial charge in [0, 0.05) is 23.9 Å². The fraction of sp³-hybridized carbons (Fsp3) is 0.381. The van der Waals surface area contributed by atoms with Crippen LogP contribution in [0.4, 0.5) is 5.69 Å². The van der Waals surface area contributed by atoms with Crippen LogP contribution in [0.3, 0.4) is 0 Å². The molecule has 0 spiro atoms. The summed E-state index contributed by atoms with van der Waals surface area (Å²) < 4.78 is 1.68. The molecular weight excluding hydrogens is 368 g/mol. The Morgan fingerprint density at radius 1 is 1.21 bits per heavy atom. The minimum absolute atomic E-state index is 0.0661. The summed E-state index contributed by atoms with van der Waals surface area (Å²) in [6.45, 7) is 7.81. The van der Waals surface area contributed by atoms with E-state index in [4.69, 9.17) is 0 Å². The number of anilines is 1. The molecule has 0 bridgehead atoms. The number of carbonyl (C=O) groups is 2. The number of hydrogen-bond donors (Lipinski definition) is 2. The third-order valence-corrected chi connectivity index (χ3v) is 5.03. The molecular formula is C21H26N6O2. The summed E-state index contributed by atoms with van der Waals surface area (Å²) in [6.07, 6.45) is 3.09. The van der Waals surface area contributed by atoms with E-state index in [0.29, 0.717) is 23.4 Å². The SMILES string of the molecule is CCC(C)NC(=O)c1ccccc1NC(=O)CCc1c(C)nc2ncnn2c1C. The first-order chi connectivity index (χ1) is 13.9. The van der Waals surface area contributed by atoms with E-state index >= 15 is 0 Å².